The topological polar surface area (TPSA) is 0 Å². The Kier molecular flexibility index (Phi) is 14.7. The molecule has 0 unspecified atom stereocenters. The molecule has 6 rings (SSSR count). The Balaban J connectivity index is 0.000000221. The first-order chi connectivity index (χ1) is 18.6. The van der Waals surface area contributed by atoms with Crippen LogP contribution in [0.15, 0.2) is 121 Å². The van der Waals surface area contributed by atoms with Gasteiger partial charge in [0.1, 0.15) is 0 Å². The normalized spacial score (nSPS) is 11.4. The molecule has 0 nitrogen and oxygen atoms in total. The molecule has 0 saturated carbocycles. The van der Waals surface area contributed by atoms with Gasteiger partial charge >= 0.3 is 99.2 Å². The zero-order valence-corrected chi connectivity index (χ0v) is 27.5. The van der Waals surface area contributed by atoms with Crippen LogP contribution >= 0.6 is 0 Å². The summed E-state index contributed by atoms with van der Waals surface area (Å²) in [6.45, 7) is 6.57. The molecule has 0 fully saturated rings. The molecular weight excluding hydrogens is 607 g/mol. The summed E-state index contributed by atoms with van der Waals surface area (Å²) in [6, 6.07) is 37.1. The van der Waals surface area contributed by atoms with Crippen LogP contribution in [-0.2, 0) is 37.1 Å². The molecule has 0 heterocycles. The van der Waals surface area contributed by atoms with Gasteiger partial charge in [-0.05, 0) is 12.8 Å². The van der Waals surface area contributed by atoms with E-state index in [1.807, 2.05) is 0 Å². The van der Waals surface area contributed by atoms with E-state index in [-0.39, 0.29) is 24.8 Å². The van der Waals surface area contributed by atoms with Crippen LogP contribution in [0.25, 0.3) is 21.5 Å². The zero-order valence-electron chi connectivity index (χ0n) is 23.6. The molecule has 0 N–H and O–H groups in total. The van der Waals surface area contributed by atoms with Gasteiger partial charge in [-0.3, -0.25) is 6.08 Å². The Hall–Kier alpha value is -2.44. The molecule has 0 amide bonds. The SMILES string of the molecule is CCC1=[C-]CC=C1.CCc1ccc2c(c1)[cH-]c1cc(CC)ccc12.[Cl-].[Cl-].[Zr+2]=[C](c1ccccc1)c1ccccc1. The van der Waals surface area contributed by atoms with Crippen molar-refractivity contribution in [2.75, 3.05) is 0 Å². The third-order valence-corrected chi connectivity index (χ3v) is 8.34. The Bertz CT molecular complexity index is 1440. The summed E-state index contributed by atoms with van der Waals surface area (Å²) in [5.41, 5.74) is 6.86. The van der Waals surface area contributed by atoms with E-state index < -0.39 is 0 Å². The van der Waals surface area contributed by atoms with Gasteiger partial charge in [-0.1, -0.05) is 62.6 Å². The Labute approximate surface area is 267 Å². The molecule has 0 spiro atoms. The average Bonchev–Trinajstić information content (AvgIpc) is 3.65. The van der Waals surface area contributed by atoms with Crippen LogP contribution in [0.5, 0.6) is 0 Å². The van der Waals surface area contributed by atoms with Gasteiger partial charge < -0.3 is 24.8 Å². The van der Waals surface area contributed by atoms with Gasteiger partial charge in [-0.2, -0.15) is 6.08 Å². The molecular formula is C37H36Cl2Zr-2. The van der Waals surface area contributed by atoms with Crippen molar-refractivity contribution in [1.82, 2.24) is 0 Å². The van der Waals surface area contributed by atoms with E-state index in [2.05, 4.69) is 142 Å². The first-order valence-corrected chi connectivity index (χ1v) is 14.9. The number of allylic oxidation sites excluding steroid dienone is 4. The van der Waals surface area contributed by atoms with Crippen LogP contribution < -0.4 is 24.8 Å². The van der Waals surface area contributed by atoms with Crippen LogP contribution in [0.3, 0.4) is 0 Å². The molecule has 5 aromatic carbocycles. The van der Waals surface area contributed by atoms with Crippen molar-refractivity contribution in [3.05, 3.63) is 149 Å². The second-order valence-corrected chi connectivity index (χ2v) is 10.7. The molecule has 1 aliphatic rings. The van der Waals surface area contributed by atoms with Gasteiger partial charge in [0, 0.05) is 0 Å². The van der Waals surface area contributed by atoms with Crippen molar-refractivity contribution >= 4 is 24.8 Å². The van der Waals surface area contributed by atoms with Gasteiger partial charge in [-0.15, -0.1) is 46.2 Å². The molecule has 5 aromatic rings. The van der Waals surface area contributed by atoms with Crippen molar-refractivity contribution in [3.63, 3.8) is 0 Å². The average molecular weight is 643 g/mol. The molecule has 204 valence electrons. The second kappa shape index (κ2) is 17.4. The summed E-state index contributed by atoms with van der Waals surface area (Å²) in [5.74, 6) is 0. The zero-order chi connectivity index (χ0) is 26.7. The molecule has 0 atom stereocenters. The third-order valence-electron chi connectivity index (χ3n) is 6.92. The maximum absolute atomic E-state index is 3.21. The van der Waals surface area contributed by atoms with Crippen molar-refractivity contribution in [2.24, 2.45) is 0 Å². The number of aryl methyl sites for hydroxylation is 2. The summed E-state index contributed by atoms with van der Waals surface area (Å²) < 4.78 is 1.42. The Morgan fingerprint density at radius 1 is 0.675 bits per heavy atom. The molecule has 0 bridgehead atoms. The number of rotatable bonds is 5. The van der Waals surface area contributed by atoms with Crippen LogP contribution in [0.2, 0.25) is 0 Å². The molecule has 0 radical (unpaired) electrons. The summed E-state index contributed by atoms with van der Waals surface area (Å²) in [7, 11) is 0. The van der Waals surface area contributed by atoms with E-state index in [1.54, 1.807) is 0 Å². The van der Waals surface area contributed by atoms with Gasteiger partial charge in [0.15, 0.2) is 0 Å². The van der Waals surface area contributed by atoms with E-state index in [1.165, 1.54) is 76.8 Å². The monoisotopic (exact) mass is 640 g/mol. The molecule has 0 saturated heterocycles. The summed E-state index contributed by atoms with van der Waals surface area (Å²) in [6.07, 6.45) is 11.9. The minimum absolute atomic E-state index is 0. The Morgan fingerprint density at radius 3 is 1.50 bits per heavy atom. The molecule has 0 aliphatic heterocycles. The fourth-order valence-corrected chi connectivity index (χ4v) is 5.45. The standard InChI is InChI=1S/C17H17.C13H10.C7H9.2ClH.Zr/c1-3-12-5-7-16-14(9-12)11-15-10-13(4-2)6-8-17(15)16;1-3-7-12(8-4-1)11-13-9-5-2-6-10-13;1-2-7-5-3-4-6-7;;;/h5-11H,3-4H2,1-2H3;1-10H;3,5H,2,4H2,1H3;2*1H;/q-1;;-1;;;+2/p-2. The second-order valence-electron chi connectivity index (χ2n) is 9.46. The Morgan fingerprint density at radius 2 is 1.15 bits per heavy atom. The number of benzene rings is 4. The maximum atomic E-state index is 3.21. The predicted molar refractivity (Wildman–Crippen MR) is 163 cm³/mol. The van der Waals surface area contributed by atoms with Crippen molar-refractivity contribution < 1.29 is 49.0 Å². The fraction of sp³-hybridized carbons (Fsp3) is 0.189. The van der Waals surface area contributed by atoms with Crippen LogP contribution in [0.1, 0.15) is 55.9 Å². The van der Waals surface area contributed by atoms with Crippen molar-refractivity contribution in [1.29, 1.82) is 0 Å². The van der Waals surface area contributed by atoms with E-state index in [0.717, 1.165) is 25.7 Å². The molecule has 3 heteroatoms. The number of fused-ring (bicyclic) bond motifs is 3. The third kappa shape index (κ3) is 9.04. The van der Waals surface area contributed by atoms with Gasteiger partial charge in [-0.25, -0.2) is 11.6 Å². The van der Waals surface area contributed by atoms with Gasteiger partial charge in [0.25, 0.3) is 0 Å². The molecule has 40 heavy (non-hydrogen) atoms. The minimum atomic E-state index is 0. The summed E-state index contributed by atoms with van der Waals surface area (Å²) in [4.78, 5) is 0. The predicted octanol–water partition coefficient (Wildman–Crippen LogP) is 3.73. The first-order valence-electron chi connectivity index (χ1n) is 13.7. The number of hydrogen-bond donors (Lipinski definition) is 0. The van der Waals surface area contributed by atoms with Crippen LogP contribution in [0.4, 0.5) is 0 Å². The fourth-order valence-electron chi connectivity index (χ4n) is 4.63. The molecule has 1 aliphatic carbocycles. The van der Waals surface area contributed by atoms with Crippen molar-refractivity contribution in [3.8, 4) is 0 Å². The first kappa shape index (κ1) is 33.8. The van der Waals surface area contributed by atoms with Crippen LogP contribution in [0, 0.1) is 6.08 Å². The number of halogens is 2. The van der Waals surface area contributed by atoms with Gasteiger partial charge in [0.05, 0.1) is 0 Å². The molecule has 0 aromatic heterocycles. The van der Waals surface area contributed by atoms with Crippen molar-refractivity contribution in [2.45, 2.75) is 46.5 Å². The summed E-state index contributed by atoms with van der Waals surface area (Å²) >= 11 is 1.46. The van der Waals surface area contributed by atoms with E-state index in [9.17, 15) is 0 Å². The van der Waals surface area contributed by atoms with Gasteiger partial charge in [0.2, 0.25) is 0 Å². The van der Waals surface area contributed by atoms with Crippen LogP contribution in [-0.4, -0.2) is 3.21 Å². The summed E-state index contributed by atoms with van der Waals surface area (Å²) in [5, 5.41) is 5.54. The van der Waals surface area contributed by atoms with E-state index >= 15 is 0 Å². The number of hydrogen-bond acceptors (Lipinski definition) is 0. The van der Waals surface area contributed by atoms with E-state index in [4.69, 9.17) is 0 Å². The van der Waals surface area contributed by atoms with E-state index in [0.29, 0.717) is 0 Å². The quantitative estimate of drug-likeness (QED) is 0.257.